The summed E-state index contributed by atoms with van der Waals surface area (Å²) in [5, 5.41) is 11.3. The summed E-state index contributed by atoms with van der Waals surface area (Å²) in [4.78, 5) is 12.0. The van der Waals surface area contributed by atoms with Crippen molar-refractivity contribution < 1.29 is 23.7 Å². The smallest absolute Gasteiger partial charge is 0.497 e. The van der Waals surface area contributed by atoms with Crippen molar-refractivity contribution >= 4 is 16.9 Å². The molecule has 0 radical (unpaired) electrons. The number of rotatable bonds is 6. The molecule has 1 aliphatic rings. The average molecular weight is 389 g/mol. The number of benzene rings is 3. The number of methoxy groups -OCH3 is 1. The molecule has 4 rings (SSSR count). The summed E-state index contributed by atoms with van der Waals surface area (Å²) >= 11 is 0. The molecular weight excluding hydrogens is 370 g/mol. The summed E-state index contributed by atoms with van der Waals surface area (Å²) in [5.41, 5.74) is 1.61. The van der Waals surface area contributed by atoms with E-state index < -0.39 is 12.3 Å². The third-order valence-electron chi connectivity index (χ3n) is 4.78. The molecule has 3 atom stereocenters. The monoisotopic (exact) mass is 389 g/mol. The van der Waals surface area contributed by atoms with Gasteiger partial charge in [0, 0.05) is 5.56 Å². The van der Waals surface area contributed by atoms with Crippen molar-refractivity contribution in [3.05, 3.63) is 77.9 Å². The molecule has 0 unspecified atom stereocenters. The number of fused-ring (bicyclic) bond motifs is 1. The van der Waals surface area contributed by atoms with Crippen LogP contribution in [0.2, 0.25) is 0 Å². The summed E-state index contributed by atoms with van der Waals surface area (Å²) in [5.74, 6) is 0.748. The molecule has 0 aromatic heterocycles. The molecule has 1 fully saturated rings. The Balaban J connectivity index is 1.35. The highest BCUT2D eigenvalue weighted by atomic mass is 16.7. The summed E-state index contributed by atoms with van der Waals surface area (Å²) in [6.07, 6.45) is -2.22. The van der Waals surface area contributed by atoms with E-state index >= 15 is 0 Å². The Morgan fingerprint density at radius 2 is 1.86 bits per heavy atom. The number of nitriles is 1. The van der Waals surface area contributed by atoms with Crippen molar-refractivity contribution in [2.45, 2.75) is 18.3 Å². The number of hydrogen-bond donors (Lipinski definition) is 0. The van der Waals surface area contributed by atoms with E-state index in [0.717, 1.165) is 22.1 Å². The molecule has 0 bridgehead atoms. The van der Waals surface area contributed by atoms with E-state index in [1.807, 2.05) is 66.7 Å². The number of carbonyl (C=O) groups excluding carboxylic acids is 1. The van der Waals surface area contributed by atoms with E-state index in [-0.39, 0.29) is 18.8 Å². The van der Waals surface area contributed by atoms with Crippen LogP contribution in [0, 0.1) is 11.3 Å². The topological polar surface area (TPSA) is 81.1 Å². The van der Waals surface area contributed by atoms with Gasteiger partial charge in [0.15, 0.2) is 0 Å². The second kappa shape index (κ2) is 8.21. The molecule has 3 aromatic rings. The van der Waals surface area contributed by atoms with Gasteiger partial charge in [-0.1, -0.05) is 48.5 Å². The van der Waals surface area contributed by atoms with Crippen molar-refractivity contribution in [1.29, 1.82) is 5.26 Å². The number of hydrogen-bond acceptors (Lipinski definition) is 6. The molecule has 6 nitrogen and oxygen atoms in total. The fourth-order valence-electron chi connectivity index (χ4n) is 3.19. The Morgan fingerprint density at radius 3 is 2.62 bits per heavy atom. The Kier molecular flexibility index (Phi) is 5.32. The van der Waals surface area contributed by atoms with Gasteiger partial charge in [-0.05, 0) is 34.5 Å². The predicted molar refractivity (Wildman–Crippen MR) is 105 cm³/mol. The minimum absolute atomic E-state index is 0.0757. The van der Waals surface area contributed by atoms with Crippen LogP contribution in [-0.4, -0.2) is 26.0 Å². The first-order valence-electron chi connectivity index (χ1n) is 9.19. The number of epoxide rings is 1. The van der Waals surface area contributed by atoms with Gasteiger partial charge in [0.05, 0.1) is 7.11 Å². The molecular formula is C23H19NO5. The molecule has 0 amide bonds. The zero-order valence-corrected chi connectivity index (χ0v) is 15.8. The van der Waals surface area contributed by atoms with E-state index in [9.17, 15) is 10.1 Å². The van der Waals surface area contributed by atoms with Crippen molar-refractivity contribution in [2.24, 2.45) is 0 Å². The Labute approximate surface area is 168 Å². The molecule has 0 aliphatic carbocycles. The second-order valence-electron chi connectivity index (χ2n) is 6.67. The van der Waals surface area contributed by atoms with Gasteiger partial charge in [0.1, 0.15) is 30.6 Å². The summed E-state index contributed by atoms with van der Waals surface area (Å²) in [6, 6.07) is 22.7. The maximum atomic E-state index is 12.0. The Hall–Kier alpha value is -3.56. The zero-order valence-electron chi connectivity index (χ0n) is 15.8. The minimum atomic E-state index is -1.06. The van der Waals surface area contributed by atoms with Crippen molar-refractivity contribution in [2.75, 3.05) is 13.7 Å². The van der Waals surface area contributed by atoms with E-state index in [2.05, 4.69) is 0 Å². The highest BCUT2D eigenvalue weighted by Gasteiger charge is 2.41. The van der Waals surface area contributed by atoms with Crippen LogP contribution in [0.3, 0.4) is 0 Å². The van der Waals surface area contributed by atoms with E-state index in [1.54, 1.807) is 13.2 Å². The summed E-state index contributed by atoms with van der Waals surface area (Å²) in [6.45, 7) is 0.0774. The standard InChI is InChI=1S/C23H19NO5/c1-26-19-10-9-16-11-18(8-7-17(16)12-19)20(13-24)29-23(25)27-14-21-22(28-21)15-5-3-2-4-6-15/h2-12,20-22H,14H2,1H3/t20-,21+,22+/m0/s1. The lowest BCUT2D eigenvalue weighted by atomic mass is 10.0. The van der Waals surface area contributed by atoms with E-state index in [1.165, 1.54) is 0 Å². The quantitative estimate of drug-likeness (QED) is 0.449. The summed E-state index contributed by atoms with van der Waals surface area (Å²) in [7, 11) is 1.61. The molecule has 1 heterocycles. The van der Waals surface area contributed by atoms with Gasteiger partial charge in [-0.15, -0.1) is 0 Å². The normalized spacial score (nSPS) is 18.5. The number of carbonyl (C=O) groups is 1. The molecule has 6 heteroatoms. The summed E-state index contributed by atoms with van der Waals surface area (Å²) < 4.78 is 21.1. The van der Waals surface area contributed by atoms with Crippen LogP contribution in [0.1, 0.15) is 23.3 Å². The van der Waals surface area contributed by atoms with Gasteiger partial charge in [-0.2, -0.15) is 5.26 Å². The van der Waals surface area contributed by atoms with Crippen LogP contribution in [0.4, 0.5) is 4.79 Å². The fraction of sp³-hybridized carbons (Fsp3) is 0.217. The zero-order chi connectivity index (χ0) is 20.2. The lowest BCUT2D eigenvalue weighted by Gasteiger charge is -2.12. The molecule has 3 aromatic carbocycles. The van der Waals surface area contributed by atoms with Crippen LogP contribution in [0.25, 0.3) is 10.8 Å². The maximum absolute atomic E-state index is 12.0. The van der Waals surface area contributed by atoms with Crippen LogP contribution in [-0.2, 0) is 14.2 Å². The van der Waals surface area contributed by atoms with Crippen molar-refractivity contribution in [3.63, 3.8) is 0 Å². The molecule has 0 spiro atoms. The van der Waals surface area contributed by atoms with E-state index in [4.69, 9.17) is 18.9 Å². The van der Waals surface area contributed by atoms with E-state index in [0.29, 0.717) is 5.56 Å². The minimum Gasteiger partial charge on any atom is -0.497 e. The fourth-order valence-corrected chi connectivity index (χ4v) is 3.19. The van der Waals surface area contributed by atoms with Crippen LogP contribution in [0.5, 0.6) is 5.75 Å². The van der Waals surface area contributed by atoms with Crippen LogP contribution < -0.4 is 4.74 Å². The maximum Gasteiger partial charge on any atom is 0.510 e. The lowest BCUT2D eigenvalue weighted by molar-refractivity contribution is 0.0347. The first-order chi connectivity index (χ1) is 14.2. The molecule has 0 saturated carbocycles. The third-order valence-corrected chi connectivity index (χ3v) is 4.78. The lowest BCUT2D eigenvalue weighted by Crippen LogP contribution is -2.15. The molecule has 0 N–H and O–H groups in total. The predicted octanol–water partition coefficient (Wildman–Crippen LogP) is 4.71. The first-order valence-corrected chi connectivity index (χ1v) is 9.19. The van der Waals surface area contributed by atoms with Gasteiger partial charge < -0.3 is 18.9 Å². The molecule has 146 valence electrons. The van der Waals surface area contributed by atoms with Crippen LogP contribution in [0.15, 0.2) is 66.7 Å². The molecule has 1 saturated heterocycles. The van der Waals surface area contributed by atoms with Gasteiger partial charge in [-0.25, -0.2) is 4.79 Å². The highest BCUT2D eigenvalue weighted by molar-refractivity contribution is 5.84. The number of nitrogens with zero attached hydrogens (tertiary/aromatic N) is 1. The van der Waals surface area contributed by atoms with Crippen LogP contribution >= 0.6 is 0 Å². The average Bonchev–Trinajstić information content (AvgIpc) is 3.55. The van der Waals surface area contributed by atoms with Crippen molar-refractivity contribution in [1.82, 2.24) is 0 Å². The Bertz CT molecular complexity index is 1060. The number of ether oxygens (including phenoxy) is 4. The second-order valence-corrected chi connectivity index (χ2v) is 6.67. The highest BCUT2D eigenvalue weighted by Crippen LogP contribution is 2.38. The van der Waals surface area contributed by atoms with Gasteiger partial charge >= 0.3 is 6.16 Å². The molecule has 1 aliphatic heterocycles. The van der Waals surface area contributed by atoms with Crippen molar-refractivity contribution in [3.8, 4) is 11.8 Å². The largest absolute Gasteiger partial charge is 0.510 e. The molecule has 29 heavy (non-hydrogen) atoms. The third kappa shape index (κ3) is 4.31. The van der Waals surface area contributed by atoms with Gasteiger partial charge in [0.25, 0.3) is 0 Å². The Morgan fingerprint density at radius 1 is 1.10 bits per heavy atom. The van der Waals surface area contributed by atoms with Gasteiger partial charge in [-0.3, -0.25) is 0 Å². The first kappa shape index (κ1) is 18.8. The SMILES string of the molecule is COc1ccc2cc([C@H](C#N)OC(=O)OC[C@H]3O[C@@H]3c3ccccc3)ccc2c1. The van der Waals surface area contributed by atoms with Gasteiger partial charge in [0.2, 0.25) is 6.10 Å².